The minimum Gasteiger partial charge on any atom is -0.371 e. The standard InChI is InChI=1S/C28H38F3N7O/c1-36(2)16-19-17-38(18-19)21-9-10-24(22(14-21)20-7-8-20)34-27-33-15-23(28(29,30)31)26(35-27)32-11-5-13-37-12-4-3-6-25(37)39/h9-10,14-15,19-20H,3-8,11-13,16-18H2,1-2H3,(H2,32,33,34,35). The molecule has 0 spiro atoms. The Hall–Kier alpha value is -3.08. The predicted octanol–water partition coefficient (Wildman–Crippen LogP) is 4.93. The molecule has 11 heteroatoms. The molecule has 0 bridgehead atoms. The number of amides is 1. The number of hydrogen-bond acceptors (Lipinski definition) is 7. The van der Waals surface area contributed by atoms with Crippen molar-refractivity contribution in [2.45, 2.75) is 50.6 Å². The molecule has 1 saturated carbocycles. The molecular weight excluding hydrogens is 507 g/mol. The number of piperidine rings is 1. The van der Waals surface area contributed by atoms with Crippen LogP contribution in [0.3, 0.4) is 0 Å². The van der Waals surface area contributed by atoms with Crippen LogP contribution >= 0.6 is 0 Å². The highest BCUT2D eigenvalue weighted by Crippen LogP contribution is 2.46. The largest absolute Gasteiger partial charge is 0.421 e. The van der Waals surface area contributed by atoms with E-state index in [2.05, 4.69) is 56.6 Å². The number of rotatable bonds is 11. The summed E-state index contributed by atoms with van der Waals surface area (Å²) in [5.41, 5.74) is 2.28. The first-order valence-electron chi connectivity index (χ1n) is 13.9. The highest BCUT2D eigenvalue weighted by atomic mass is 19.4. The number of nitrogens with one attached hydrogen (secondary N) is 2. The number of alkyl halides is 3. The molecule has 3 heterocycles. The second-order valence-electron chi connectivity index (χ2n) is 11.3. The molecule has 8 nitrogen and oxygen atoms in total. The highest BCUT2D eigenvalue weighted by molar-refractivity contribution is 5.76. The molecule has 2 N–H and O–H groups in total. The van der Waals surface area contributed by atoms with Gasteiger partial charge >= 0.3 is 6.18 Å². The third kappa shape index (κ3) is 6.93. The van der Waals surface area contributed by atoms with E-state index in [4.69, 9.17) is 0 Å². The van der Waals surface area contributed by atoms with E-state index in [1.54, 1.807) is 4.90 Å². The van der Waals surface area contributed by atoms with E-state index in [1.807, 2.05) is 6.07 Å². The normalized spacial score (nSPS) is 18.5. The quantitative estimate of drug-likeness (QED) is 0.388. The number of likely N-dealkylation sites (tertiary alicyclic amines) is 1. The van der Waals surface area contributed by atoms with Gasteiger partial charge in [0.25, 0.3) is 0 Å². The average Bonchev–Trinajstić information content (AvgIpc) is 3.70. The van der Waals surface area contributed by atoms with Crippen molar-refractivity contribution in [2.24, 2.45) is 5.92 Å². The summed E-state index contributed by atoms with van der Waals surface area (Å²) < 4.78 is 41.1. The number of benzene rings is 1. The summed E-state index contributed by atoms with van der Waals surface area (Å²) in [6.45, 7) is 4.63. The Morgan fingerprint density at radius 2 is 1.95 bits per heavy atom. The Balaban J connectivity index is 1.26. The molecule has 0 atom stereocenters. The van der Waals surface area contributed by atoms with Crippen molar-refractivity contribution >= 4 is 29.0 Å². The van der Waals surface area contributed by atoms with E-state index in [9.17, 15) is 18.0 Å². The predicted molar refractivity (Wildman–Crippen MR) is 147 cm³/mol. The summed E-state index contributed by atoms with van der Waals surface area (Å²) in [5, 5.41) is 6.04. The Morgan fingerprint density at radius 1 is 1.15 bits per heavy atom. The van der Waals surface area contributed by atoms with Gasteiger partial charge in [-0.2, -0.15) is 18.2 Å². The van der Waals surface area contributed by atoms with Gasteiger partial charge in [-0.25, -0.2) is 4.98 Å². The summed E-state index contributed by atoms with van der Waals surface area (Å²) in [5.74, 6) is 1.10. The summed E-state index contributed by atoms with van der Waals surface area (Å²) in [6.07, 6.45) is 1.41. The number of anilines is 4. The molecule has 0 radical (unpaired) electrons. The van der Waals surface area contributed by atoms with Gasteiger partial charge in [-0.15, -0.1) is 0 Å². The first-order valence-corrected chi connectivity index (χ1v) is 13.9. The summed E-state index contributed by atoms with van der Waals surface area (Å²) in [7, 11) is 4.19. The molecule has 1 aliphatic carbocycles. The molecule has 3 aliphatic rings. The fourth-order valence-corrected chi connectivity index (χ4v) is 5.48. The Morgan fingerprint density at radius 3 is 2.64 bits per heavy atom. The molecule has 1 aromatic heterocycles. The van der Waals surface area contributed by atoms with Crippen molar-refractivity contribution in [3.05, 3.63) is 35.5 Å². The van der Waals surface area contributed by atoms with Gasteiger partial charge in [0.05, 0.1) is 0 Å². The number of aromatic nitrogens is 2. The molecule has 2 saturated heterocycles. The third-order valence-electron chi connectivity index (χ3n) is 7.66. The van der Waals surface area contributed by atoms with Crippen LogP contribution in [0, 0.1) is 5.92 Å². The number of carbonyl (C=O) groups is 1. The molecule has 212 valence electrons. The maximum Gasteiger partial charge on any atom is 0.421 e. The van der Waals surface area contributed by atoms with E-state index >= 15 is 0 Å². The van der Waals surface area contributed by atoms with Crippen LogP contribution in [0.1, 0.15) is 55.6 Å². The maximum atomic E-state index is 13.7. The van der Waals surface area contributed by atoms with Crippen LogP contribution in [0.15, 0.2) is 24.4 Å². The van der Waals surface area contributed by atoms with Gasteiger partial charge in [-0.3, -0.25) is 4.79 Å². The minimum absolute atomic E-state index is 0.116. The van der Waals surface area contributed by atoms with Crippen molar-refractivity contribution in [3.63, 3.8) is 0 Å². The van der Waals surface area contributed by atoms with Crippen LogP contribution in [0.4, 0.5) is 36.3 Å². The SMILES string of the molecule is CN(C)CC1CN(c2ccc(Nc3ncc(C(F)(F)F)c(NCCCN4CCCCC4=O)n3)c(C3CC3)c2)C1. The molecule has 2 aliphatic heterocycles. The fourth-order valence-electron chi connectivity index (χ4n) is 5.48. The average molecular weight is 546 g/mol. The monoisotopic (exact) mass is 545 g/mol. The Labute approximate surface area is 228 Å². The van der Waals surface area contributed by atoms with Crippen molar-refractivity contribution in [1.29, 1.82) is 0 Å². The Kier molecular flexibility index (Phi) is 8.16. The molecule has 1 aromatic carbocycles. The van der Waals surface area contributed by atoms with E-state index in [0.717, 1.165) is 62.8 Å². The second-order valence-corrected chi connectivity index (χ2v) is 11.3. The van der Waals surface area contributed by atoms with Crippen LogP contribution in [-0.4, -0.2) is 79.0 Å². The minimum atomic E-state index is -4.58. The molecular formula is C28H38F3N7O. The fraction of sp³-hybridized carbons (Fsp3) is 0.607. The van der Waals surface area contributed by atoms with Gasteiger partial charge in [0.1, 0.15) is 11.4 Å². The molecule has 0 unspecified atom stereocenters. The Bertz CT molecular complexity index is 1160. The zero-order chi connectivity index (χ0) is 27.6. The maximum absolute atomic E-state index is 13.7. The highest BCUT2D eigenvalue weighted by Gasteiger charge is 2.36. The molecule has 5 rings (SSSR count). The zero-order valence-corrected chi connectivity index (χ0v) is 22.7. The lowest BCUT2D eigenvalue weighted by Crippen LogP contribution is -2.50. The van der Waals surface area contributed by atoms with Gasteiger partial charge in [0.2, 0.25) is 11.9 Å². The first-order chi connectivity index (χ1) is 18.7. The molecule has 1 amide bonds. The molecule has 2 aromatic rings. The van der Waals surface area contributed by atoms with Crippen LogP contribution < -0.4 is 15.5 Å². The summed E-state index contributed by atoms with van der Waals surface area (Å²) in [4.78, 5) is 26.6. The first kappa shape index (κ1) is 27.5. The van der Waals surface area contributed by atoms with Crippen LogP contribution in [-0.2, 0) is 11.0 Å². The number of carbonyl (C=O) groups excluding carboxylic acids is 1. The van der Waals surface area contributed by atoms with Crippen molar-refractivity contribution in [3.8, 4) is 0 Å². The van der Waals surface area contributed by atoms with Crippen molar-refractivity contribution in [1.82, 2.24) is 19.8 Å². The van der Waals surface area contributed by atoms with Crippen molar-refractivity contribution in [2.75, 3.05) is 68.9 Å². The van der Waals surface area contributed by atoms with E-state index in [0.29, 0.717) is 37.8 Å². The van der Waals surface area contributed by atoms with E-state index < -0.39 is 11.7 Å². The van der Waals surface area contributed by atoms with Crippen LogP contribution in [0.25, 0.3) is 0 Å². The second kappa shape index (κ2) is 11.6. The van der Waals surface area contributed by atoms with Gasteiger partial charge in [-0.05, 0) is 75.9 Å². The molecule has 39 heavy (non-hydrogen) atoms. The molecule has 3 fully saturated rings. The summed E-state index contributed by atoms with van der Waals surface area (Å²) in [6, 6.07) is 6.26. The number of hydrogen-bond donors (Lipinski definition) is 2. The third-order valence-corrected chi connectivity index (χ3v) is 7.66. The van der Waals surface area contributed by atoms with Crippen LogP contribution in [0.2, 0.25) is 0 Å². The number of nitrogens with zero attached hydrogens (tertiary/aromatic N) is 5. The zero-order valence-electron chi connectivity index (χ0n) is 22.7. The van der Waals surface area contributed by atoms with Gasteiger partial charge in [-0.1, -0.05) is 0 Å². The van der Waals surface area contributed by atoms with Crippen molar-refractivity contribution < 1.29 is 18.0 Å². The van der Waals surface area contributed by atoms with Gasteiger partial charge in [0.15, 0.2) is 0 Å². The van der Waals surface area contributed by atoms with E-state index in [-0.39, 0.29) is 24.2 Å². The topological polar surface area (TPSA) is 76.6 Å². The lowest BCUT2D eigenvalue weighted by molar-refractivity contribution is -0.137. The van der Waals surface area contributed by atoms with Gasteiger partial charge in [0, 0.05) is 69.2 Å². The smallest absolute Gasteiger partial charge is 0.371 e. The van der Waals surface area contributed by atoms with Gasteiger partial charge < -0.3 is 25.3 Å². The summed E-state index contributed by atoms with van der Waals surface area (Å²) >= 11 is 0. The lowest BCUT2D eigenvalue weighted by atomic mass is 9.97. The number of halogens is 3. The van der Waals surface area contributed by atoms with Crippen LogP contribution in [0.5, 0.6) is 0 Å². The van der Waals surface area contributed by atoms with E-state index in [1.165, 1.54) is 5.69 Å². The lowest BCUT2D eigenvalue weighted by Gasteiger charge is -2.42.